The van der Waals surface area contributed by atoms with Crippen molar-refractivity contribution in [3.05, 3.63) is 95.6 Å². The highest BCUT2D eigenvalue weighted by Gasteiger charge is 2.06. The number of carbonyl (C=O) groups excluding carboxylic acids is 1. The first-order valence-corrected chi connectivity index (χ1v) is 8.96. The smallest absolute Gasteiger partial charge is 0.252 e. The van der Waals surface area contributed by atoms with E-state index in [9.17, 15) is 9.18 Å². The summed E-state index contributed by atoms with van der Waals surface area (Å²) in [5, 5.41) is 6.13. The van der Waals surface area contributed by atoms with Gasteiger partial charge in [-0.2, -0.15) is 0 Å². The summed E-state index contributed by atoms with van der Waals surface area (Å²) in [6, 6.07) is 18.3. The summed E-state index contributed by atoms with van der Waals surface area (Å²) in [6.45, 7) is 1.14. The predicted molar refractivity (Wildman–Crippen MR) is 105 cm³/mol. The molecule has 0 unspecified atom stereocenters. The van der Waals surface area contributed by atoms with Crippen molar-refractivity contribution >= 4 is 11.6 Å². The van der Waals surface area contributed by atoms with Crippen LogP contribution in [0.2, 0.25) is 0 Å². The van der Waals surface area contributed by atoms with E-state index in [-0.39, 0.29) is 11.7 Å². The molecule has 2 aromatic carbocycles. The van der Waals surface area contributed by atoms with Gasteiger partial charge in [0.15, 0.2) is 0 Å². The number of hydrogen-bond donors (Lipinski definition) is 2. The molecule has 0 fully saturated rings. The fourth-order valence-corrected chi connectivity index (χ4v) is 2.71. The Bertz CT molecular complexity index is 866. The minimum absolute atomic E-state index is 0.138. The normalized spacial score (nSPS) is 10.4. The Kier molecular flexibility index (Phi) is 6.52. The third-order valence-corrected chi connectivity index (χ3v) is 4.18. The molecule has 3 rings (SSSR count). The van der Waals surface area contributed by atoms with Crippen LogP contribution in [0, 0.1) is 5.82 Å². The zero-order chi connectivity index (χ0) is 18.9. The van der Waals surface area contributed by atoms with E-state index in [1.807, 2.05) is 18.2 Å². The third kappa shape index (κ3) is 5.92. The lowest BCUT2D eigenvalue weighted by atomic mass is 10.1. The molecule has 0 spiro atoms. The summed E-state index contributed by atoms with van der Waals surface area (Å²) >= 11 is 0. The number of benzene rings is 2. The lowest BCUT2D eigenvalue weighted by molar-refractivity contribution is 0.0953. The van der Waals surface area contributed by atoms with Crippen molar-refractivity contribution in [2.24, 2.45) is 0 Å². The van der Waals surface area contributed by atoms with Gasteiger partial charge >= 0.3 is 0 Å². The quantitative estimate of drug-likeness (QED) is 0.590. The Hall–Kier alpha value is -3.21. The number of hydrogen-bond acceptors (Lipinski definition) is 3. The highest BCUT2D eigenvalue weighted by molar-refractivity contribution is 5.94. The van der Waals surface area contributed by atoms with Gasteiger partial charge in [-0.1, -0.05) is 42.5 Å². The zero-order valence-electron chi connectivity index (χ0n) is 15.0. The Morgan fingerprint density at radius 3 is 2.52 bits per heavy atom. The number of halogens is 1. The highest BCUT2D eigenvalue weighted by atomic mass is 19.1. The molecule has 27 heavy (non-hydrogen) atoms. The maximum Gasteiger partial charge on any atom is 0.252 e. The number of aromatic nitrogens is 1. The van der Waals surface area contributed by atoms with Crippen LogP contribution in [0.25, 0.3) is 0 Å². The second kappa shape index (κ2) is 9.48. The van der Waals surface area contributed by atoms with Crippen LogP contribution in [0.1, 0.15) is 27.9 Å². The van der Waals surface area contributed by atoms with Crippen molar-refractivity contribution in [3.8, 4) is 0 Å². The Morgan fingerprint density at radius 2 is 1.74 bits per heavy atom. The molecule has 0 aliphatic carbocycles. The second-order valence-electron chi connectivity index (χ2n) is 6.29. The van der Waals surface area contributed by atoms with Crippen LogP contribution in [0.15, 0.2) is 73.1 Å². The van der Waals surface area contributed by atoms with Crippen molar-refractivity contribution in [2.75, 3.05) is 11.9 Å². The topological polar surface area (TPSA) is 54.0 Å². The van der Waals surface area contributed by atoms with E-state index in [4.69, 9.17) is 0 Å². The van der Waals surface area contributed by atoms with Crippen molar-refractivity contribution in [2.45, 2.75) is 19.4 Å². The summed E-state index contributed by atoms with van der Waals surface area (Å²) in [5.41, 5.74) is 3.47. The summed E-state index contributed by atoms with van der Waals surface area (Å²) < 4.78 is 12.9. The number of carbonyl (C=O) groups is 1. The molecule has 0 radical (unpaired) electrons. The van der Waals surface area contributed by atoms with E-state index >= 15 is 0 Å². The Morgan fingerprint density at radius 1 is 0.963 bits per heavy atom. The average molecular weight is 363 g/mol. The first-order chi connectivity index (χ1) is 13.2. The molecule has 0 bridgehead atoms. The third-order valence-electron chi connectivity index (χ3n) is 4.18. The number of nitrogens with zero attached hydrogens (tertiary/aromatic N) is 1. The average Bonchev–Trinajstić information content (AvgIpc) is 2.71. The van der Waals surface area contributed by atoms with Crippen LogP contribution in [-0.2, 0) is 13.0 Å². The van der Waals surface area contributed by atoms with Gasteiger partial charge in [0.2, 0.25) is 0 Å². The monoisotopic (exact) mass is 363 g/mol. The summed E-state index contributed by atoms with van der Waals surface area (Å²) in [5.74, 6) is -0.396. The van der Waals surface area contributed by atoms with Crippen molar-refractivity contribution < 1.29 is 9.18 Å². The van der Waals surface area contributed by atoms with Gasteiger partial charge in [-0.25, -0.2) is 4.39 Å². The molecule has 138 valence electrons. The van der Waals surface area contributed by atoms with E-state index < -0.39 is 0 Å². The Balaban J connectivity index is 1.47. The van der Waals surface area contributed by atoms with Crippen molar-refractivity contribution in [1.82, 2.24) is 10.3 Å². The minimum atomic E-state index is -0.258. The summed E-state index contributed by atoms with van der Waals surface area (Å²) in [6.07, 6.45) is 5.02. The van der Waals surface area contributed by atoms with E-state index in [1.165, 1.54) is 17.7 Å². The molecule has 5 heteroatoms. The maximum absolute atomic E-state index is 12.9. The molecule has 2 N–H and O–H groups in total. The molecule has 3 aromatic rings. The minimum Gasteiger partial charge on any atom is -0.380 e. The molecular weight excluding hydrogens is 341 g/mol. The van der Waals surface area contributed by atoms with Crippen LogP contribution in [0.4, 0.5) is 10.1 Å². The van der Waals surface area contributed by atoms with Crippen LogP contribution in [-0.4, -0.2) is 17.4 Å². The standard InChI is InChI=1S/C22H22FN3O/c23-20-10-8-18(9-11-20)14-26-21-13-19(15-24-16-21)22(27)25-12-4-7-17-5-2-1-3-6-17/h1-3,5-6,8-11,13,15-16,26H,4,7,12,14H2,(H,25,27). The van der Waals surface area contributed by atoms with Crippen LogP contribution < -0.4 is 10.6 Å². The van der Waals surface area contributed by atoms with Gasteiger partial charge in [-0.3, -0.25) is 9.78 Å². The van der Waals surface area contributed by atoms with E-state index in [2.05, 4.69) is 27.8 Å². The van der Waals surface area contributed by atoms with Gasteiger partial charge in [0.25, 0.3) is 5.91 Å². The SMILES string of the molecule is O=C(NCCCc1ccccc1)c1cncc(NCc2ccc(F)cc2)c1. The first kappa shape index (κ1) is 18.6. The lowest BCUT2D eigenvalue weighted by Crippen LogP contribution is -2.25. The number of anilines is 1. The highest BCUT2D eigenvalue weighted by Crippen LogP contribution is 2.11. The molecule has 0 saturated heterocycles. The summed E-state index contributed by atoms with van der Waals surface area (Å²) in [7, 11) is 0. The van der Waals surface area contributed by atoms with E-state index in [0.717, 1.165) is 24.1 Å². The van der Waals surface area contributed by atoms with Crippen LogP contribution in [0.5, 0.6) is 0 Å². The fraction of sp³-hybridized carbons (Fsp3) is 0.182. The Labute approximate surface area is 158 Å². The van der Waals surface area contributed by atoms with Gasteiger partial charge in [0.05, 0.1) is 11.3 Å². The fourth-order valence-electron chi connectivity index (χ4n) is 2.71. The van der Waals surface area contributed by atoms with Crippen LogP contribution >= 0.6 is 0 Å². The van der Waals surface area contributed by atoms with Gasteiger partial charge in [-0.15, -0.1) is 0 Å². The molecule has 1 heterocycles. The zero-order valence-corrected chi connectivity index (χ0v) is 15.0. The number of nitrogens with one attached hydrogen (secondary N) is 2. The number of rotatable bonds is 8. The number of amides is 1. The molecule has 4 nitrogen and oxygen atoms in total. The molecule has 0 saturated carbocycles. The lowest BCUT2D eigenvalue weighted by Gasteiger charge is -2.09. The van der Waals surface area contributed by atoms with E-state index in [1.54, 1.807) is 30.6 Å². The van der Waals surface area contributed by atoms with Crippen molar-refractivity contribution in [1.29, 1.82) is 0 Å². The predicted octanol–water partition coefficient (Wildman–Crippen LogP) is 4.20. The first-order valence-electron chi connectivity index (χ1n) is 8.96. The molecule has 1 amide bonds. The second-order valence-corrected chi connectivity index (χ2v) is 6.29. The molecular formula is C22H22FN3O. The number of pyridine rings is 1. The number of aryl methyl sites for hydroxylation is 1. The molecule has 1 aromatic heterocycles. The molecule has 0 aliphatic rings. The van der Waals surface area contributed by atoms with Gasteiger partial charge < -0.3 is 10.6 Å². The van der Waals surface area contributed by atoms with Gasteiger partial charge in [0, 0.05) is 25.5 Å². The maximum atomic E-state index is 12.9. The summed E-state index contributed by atoms with van der Waals surface area (Å²) in [4.78, 5) is 16.4. The van der Waals surface area contributed by atoms with Gasteiger partial charge in [-0.05, 0) is 42.2 Å². The largest absolute Gasteiger partial charge is 0.380 e. The molecule has 0 atom stereocenters. The molecule has 0 aliphatic heterocycles. The van der Waals surface area contributed by atoms with Crippen molar-refractivity contribution in [3.63, 3.8) is 0 Å². The van der Waals surface area contributed by atoms with Gasteiger partial charge in [0.1, 0.15) is 5.82 Å². The van der Waals surface area contributed by atoms with Crippen LogP contribution in [0.3, 0.4) is 0 Å². The van der Waals surface area contributed by atoms with E-state index in [0.29, 0.717) is 18.7 Å².